The number of carbonyl (C=O) groups excluding carboxylic acids is 1. The molecule has 2 aliphatic rings. The fraction of sp³-hybridized carbons (Fsp3) is 0.950. The molecule has 22 heavy (non-hydrogen) atoms. The molecule has 128 valence electrons. The molecule has 0 amide bonds. The largest absolute Gasteiger partial charge is 0.303 e. The van der Waals surface area contributed by atoms with Crippen molar-refractivity contribution in [2.75, 3.05) is 5.88 Å². The number of aldehydes is 1. The smallest absolute Gasteiger partial charge is 0.126 e. The summed E-state index contributed by atoms with van der Waals surface area (Å²) in [5.41, 5.74) is 0.0157. The Labute approximate surface area is 142 Å². The van der Waals surface area contributed by atoms with Gasteiger partial charge >= 0.3 is 0 Å². The Kier molecular flexibility index (Phi) is 8.28. The maximum atomic E-state index is 12.3. The van der Waals surface area contributed by atoms with Crippen LogP contribution in [0.25, 0.3) is 0 Å². The van der Waals surface area contributed by atoms with E-state index in [2.05, 4.69) is 0 Å². The molecule has 1 nitrogen and oxygen atoms in total. The molecule has 0 bridgehead atoms. The predicted molar refractivity (Wildman–Crippen MR) is 95.5 cm³/mol. The summed E-state index contributed by atoms with van der Waals surface area (Å²) in [5.74, 6) is 2.13. The van der Waals surface area contributed by atoms with Gasteiger partial charge in [-0.2, -0.15) is 0 Å². The first-order valence-corrected chi connectivity index (χ1v) is 10.4. The topological polar surface area (TPSA) is 17.1 Å². The van der Waals surface area contributed by atoms with Crippen molar-refractivity contribution >= 4 is 17.9 Å². The Hall–Kier alpha value is -0.0400. The van der Waals surface area contributed by atoms with Crippen molar-refractivity contribution in [3.05, 3.63) is 0 Å². The van der Waals surface area contributed by atoms with Crippen LogP contribution in [0.1, 0.15) is 96.3 Å². The van der Waals surface area contributed by atoms with Crippen LogP contribution in [0, 0.1) is 17.3 Å². The molecule has 2 heteroatoms. The van der Waals surface area contributed by atoms with Gasteiger partial charge in [-0.25, -0.2) is 0 Å². The highest BCUT2D eigenvalue weighted by Gasteiger charge is 2.44. The van der Waals surface area contributed by atoms with Gasteiger partial charge in [-0.15, -0.1) is 11.6 Å². The van der Waals surface area contributed by atoms with Crippen molar-refractivity contribution in [3.63, 3.8) is 0 Å². The third-order valence-corrected chi connectivity index (χ3v) is 6.71. The van der Waals surface area contributed by atoms with Gasteiger partial charge in [0, 0.05) is 11.3 Å². The van der Waals surface area contributed by atoms with Gasteiger partial charge in [-0.3, -0.25) is 0 Å². The van der Waals surface area contributed by atoms with Crippen molar-refractivity contribution in [3.8, 4) is 0 Å². The first-order valence-electron chi connectivity index (χ1n) is 9.86. The number of carbonyl (C=O) groups is 1. The standard InChI is InChI=1S/C20H35ClO/c21-16-10-2-1-9-15-20(17-22,18-11-5-3-6-12-18)19-13-7-4-8-14-19/h17-19H,1-16H2. The SMILES string of the molecule is O=CC(CCCCCCCl)(C1CCCCC1)C1CCCCC1. The molecule has 2 fully saturated rings. The monoisotopic (exact) mass is 326 g/mol. The number of hydrogen-bond donors (Lipinski definition) is 0. The molecule has 0 aromatic carbocycles. The minimum Gasteiger partial charge on any atom is -0.303 e. The molecule has 0 atom stereocenters. The van der Waals surface area contributed by atoms with E-state index in [1.807, 2.05) is 0 Å². The van der Waals surface area contributed by atoms with Crippen LogP contribution >= 0.6 is 11.6 Å². The van der Waals surface area contributed by atoms with Crippen molar-refractivity contribution in [2.24, 2.45) is 17.3 Å². The summed E-state index contributed by atoms with van der Waals surface area (Å²) in [6.07, 6.45) is 20.8. The van der Waals surface area contributed by atoms with Crippen LogP contribution in [0.5, 0.6) is 0 Å². The third kappa shape index (κ3) is 4.73. The van der Waals surface area contributed by atoms with Crippen LogP contribution in [-0.2, 0) is 4.79 Å². The summed E-state index contributed by atoms with van der Waals surface area (Å²) in [5, 5.41) is 0. The van der Waals surface area contributed by atoms with Gasteiger partial charge in [0.25, 0.3) is 0 Å². The molecule has 0 aliphatic heterocycles. The van der Waals surface area contributed by atoms with Crippen molar-refractivity contribution in [1.82, 2.24) is 0 Å². The molecular weight excluding hydrogens is 292 g/mol. The predicted octanol–water partition coefficient (Wildman–Crippen LogP) is 6.52. The summed E-state index contributed by atoms with van der Waals surface area (Å²) < 4.78 is 0. The van der Waals surface area contributed by atoms with E-state index in [0.29, 0.717) is 11.8 Å². The second kappa shape index (κ2) is 9.96. The van der Waals surface area contributed by atoms with Gasteiger partial charge in [0.05, 0.1) is 0 Å². The quantitative estimate of drug-likeness (QED) is 0.268. The second-order valence-corrected chi connectivity index (χ2v) is 8.13. The van der Waals surface area contributed by atoms with E-state index in [1.54, 1.807) is 0 Å². The fourth-order valence-corrected chi connectivity index (χ4v) is 5.34. The van der Waals surface area contributed by atoms with E-state index < -0.39 is 0 Å². The van der Waals surface area contributed by atoms with Crippen LogP contribution in [0.15, 0.2) is 0 Å². The van der Waals surface area contributed by atoms with E-state index in [1.165, 1.54) is 89.8 Å². The molecule has 0 heterocycles. The first-order chi connectivity index (χ1) is 10.8. The number of unbranched alkanes of at least 4 members (excludes halogenated alkanes) is 3. The molecule has 0 aromatic heterocycles. The molecule has 0 unspecified atom stereocenters. The summed E-state index contributed by atoms with van der Waals surface area (Å²) >= 11 is 5.78. The molecule has 0 radical (unpaired) electrons. The van der Waals surface area contributed by atoms with E-state index in [0.717, 1.165) is 18.7 Å². The van der Waals surface area contributed by atoms with Crippen LogP contribution < -0.4 is 0 Å². The molecule has 2 rings (SSSR count). The lowest BCUT2D eigenvalue weighted by Gasteiger charge is -2.46. The van der Waals surface area contributed by atoms with E-state index in [9.17, 15) is 4.79 Å². The van der Waals surface area contributed by atoms with E-state index in [-0.39, 0.29) is 5.41 Å². The zero-order valence-corrected chi connectivity index (χ0v) is 15.1. The van der Waals surface area contributed by atoms with Crippen molar-refractivity contribution in [2.45, 2.75) is 96.3 Å². The Morgan fingerprint density at radius 3 is 1.73 bits per heavy atom. The third-order valence-electron chi connectivity index (χ3n) is 6.44. The average molecular weight is 327 g/mol. The Morgan fingerprint density at radius 1 is 0.773 bits per heavy atom. The summed E-state index contributed by atoms with van der Waals surface area (Å²) in [4.78, 5) is 12.3. The lowest BCUT2D eigenvalue weighted by Crippen LogP contribution is -2.41. The maximum absolute atomic E-state index is 12.3. The highest BCUT2D eigenvalue weighted by Crippen LogP contribution is 2.50. The highest BCUT2D eigenvalue weighted by molar-refractivity contribution is 6.17. The van der Waals surface area contributed by atoms with Gasteiger partial charge < -0.3 is 4.79 Å². The lowest BCUT2D eigenvalue weighted by atomic mass is 9.57. The number of hydrogen-bond acceptors (Lipinski definition) is 1. The Morgan fingerprint density at radius 2 is 1.27 bits per heavy atom. The fourth-order valence-electron chi connectivity index (χ4n) is 5.15. The minimum atomic E-state index is 0.0157. The highest BCUT2D eigenvalue weighted by atomic mass is 35.5. The van der Waals surface area contributed by atoms with Crippen LogP contribution in [0.4, 0.5) is 0 Å². The van der Waals surface area contributed by atoms with Crippen LogP contribution in [0.3, 0.4) is 0 Å². The van der Waals surface area contributed by atoms with Gasteiger partial charge in [-0.05, 0) is 50.4 Å². The molecule has 0 saturated heterocycles. The molecule has 2 aliphatic carbocycles. The zero-order valence-electron chi connectivity index (χ0n) is 14.3. The van der Waals surface area contributed by atoms with Gasteiger partial charge in [0.2, 0.25) is 0 Å². The second-order valence-electron chi connectivity index (χ2n) is 7.75. The molecular formula is C20H35ClO. The molecule has 0 aromatic rings. The Bertz CT molecular complexity index is 285. The Balaban J connectivity index is 2.01. The maximum Gasteiger partial charge on any atom is 0.126 e. The summed E-state index contributed by atoms with van der Waals surface area (Å²) in [6, 6.07) is 0. The molecule has 0 spiro atoms. The number of rotatable bonds is 9. The normalized spacial score (nSPS) is 21.9. The van der Waals surface area contributed by atoms with Crippen LogP contribution in [0.2, 0.25) is 0 Å². The molecule has 2 saturated carbocycles. The number of halogens is 1. The molecule has 0 N–H and O–H groups in total. The van der Waals surface area contributed by atoms with E-state index in [4.69, 9.17) is 11.6 Å². The van der Waals surface area contributed by atoms with Crippen LogP contribution in [-0.4, -0.2) is 12.2 Å². The van der Waals surface area contributed by atoms with Gasteiger partial charge in [-0.1, -0.05) is 57.8 Å². The lowest BCUT2D eigenvalue weighted by molar-refractivity contribution is -0.126. The van der Waals surface area contributed by atoms with Crippen molar-refractivity contribution in [1.29, 1.82) is 0 Å². The van der Waals surface area contributed by atoms with Crippen molar-refractivity contribution < 1.29 is 4.79 Å². The van der Waals surface area contributed by atoms with Gasteiger partial charge in [0.1, 0.15) is 6.29 Å². The van der Waals surface area contributed by atoms with Gasteiger partial charge in [0.15, 0.2) is 0 Å². The summed E-state index contributed by atoms with van der Waals surface area (Å²) in [7, 11) is 0. The first kappa shape index (κ1) is 18.3. The summed E-state index contributed by atoms with van der Waals surface area (Å²) in [6.45, 7) is 0. The minimum absolute atomic E-state index is 0.0157. The zero-order chi connectivity index (χ0) is 15.7. The number of alkyl halides is 1. The average Bonchev–Trinajstić information content (AvgIpc) is 2.60. The van der Waals surface area contributed by atoms with E-state index >= 15 is 0 Å².